The van der Waals surface area contributed by atoms with Gasteiger partial charge in [-0.05, 0) is 37.2 Å². The van der Waals surface area contributed by atoms with E-state index in [-0.39, 0.29) is 11.5 Å². The van der Waals surface area contributed by atoms with E-state index in [1.165, 1.54) is 16.8 Å². The summed E-state index contributed by atoms with van der Waals surface area (Å²) in [5, 5.41) is 0. The Morgan fingerprint density at radius 2 is 1.84 bits per heavy atom. The molecule has 2 rings (SSSR count). The number of aryl methyl sites for hydroxylation is 1. The Balaban J connectivity index is 2.57. The van der Waals surface area contributed by atoms with Gasteiger partial charge in [0.1, 0.15) is 0 Å². The minimum Gasteiger partial charge on any atom is -0.337 e. The molecule has 0 aliphatic heterocycles. The molecule has 1 aromatic carbocycles. The molecule has 0 amide bonds. The van der Waals surface area contributed by atoms with Gasteiger partial charge in [-0.1, -0.05) is 45.0 Å². The Labute approximate surface area is 120 Å². The van der Waals surface area contributed by atoms with Gasteiger partial charge in [0.15, 0.2) is 4.77 Å². The van der Waals surface area contributed by atoms with E-state index >= 15 is 0 Å². The van der Waals surface area contributed by atoms with Crippen molar-refractivity contribution in [1.82, 2.24) is 9.55 Å². The highest BCUT2D eigenvalue weighted by Crippen LogP contribution is 2.29. The van der Waals surface area contributed by atoms with Crippen molar-refractivity contribution in [1.29, 1.82) is 0 Å². The predicted octanol–water partition coefficient (Wildman–Crippen LogP) is 4.76. The molecule has 0 aliphatic rings. The SMILES string of the molecule is Cc1ccccc1C(C)n1c(C(C)(C)C)c[nH]c1=S. The molecule has 0 radical (unpaired) electrons. The van der Waals surface area contributed by atoms with Gasteiger partial charge in [-0.15, -0.1) is 0 Å². The maximum atomic E-state index is 5.47. The van der Waals surface area contributed by atoms with Crippen LogP contribution < -0.4 is 0 Å². The summed E-state index contributed by atoms with van der Waals surface area (Å²) in [7, 11) is 0. The number of benzene rings is 1. The number of hydrogen-bond donors (Lipinski definition) is 1. The summed E-state index contributed by atoms with van der Waals surface area (Å²) >= 11 is 5.47. The van der Waals surface area contributed by atoms with Gasteiger partial charge in [0.25, 0.3) is 0 Å². The topological polar surface area (TPSA) is 20.7 Å². The lowest BCUT2D eigenvalue weighted by Crippen LogP contribution is -2.21. The van der Waals surface area contributed by atoms with Crippen LogP contribution in [0.3, 0.4) is 0 Å². The maximum absolute atomic E-state index is 5.47. The van der Waals surface area contributed by atoms with E-state index in [1.807, 2.05) is 6.20 Å². The van der Waals surface area contributed by atoms with Crippen LogP contribution in [-0.4, -0.2) is 9.55 Å². The van der Waals surface area contributed by atoms with Crippen LogP contribution in [0.15, 0.2) is 30.5 Å². The van der Waals surface area contributed by atoms with Gasteiger partial charge in [-0.3, -0.25) is 0 Å². The molecule has 0 bridgehead atoms. The highest BCUT2D eigenvalue weighted by Gasteiger charge is 2.23. The Bertz CT molecular complexity index is 629. The Morgan fingerprint density at radius 3 is 2.42 bits per heavy atom. The molecule has 0 saturated carbocycles. The van der Waals surface area contributed by atoms with Crippen molar-refractivity contribution < 1.29 is 0 Å². The van der Waals surface area contributed by atoms with E-state index in [1.54, 1.807) is 0 Å². The van der Waals surface area contributed by atoms with Crippen LogP contribution in [0.5, 0.6) is 0 Å². The Morgan fingerprint density at radius 1 is 1.21 bits per heavy atom. The molecule has 0 spiro atoms. The first-order valence-corrected chi connectivity index (χ1v) is 7.09. The number of rotatable bonds is 2. The first-order chi connectivity index (χ1) is 8.82. The van der Waals surface area contributed by atoms with Crippen LogP contribution in [0, 0.1) is 11.7 Å². The summed E-state index contributed by atoms with van der Waals surface area (Å²) in [6.45, 7) is 11.0. The van der Waals surface area contributed by atoms with Crippen molar-refractivity contribution >= 4 is 12.2 Å². The van der Waals surface area contributed by atoms with Crippen molar-refractivity contribution in [2.24, 2.45) is 0 Å². The number of H-pyrrole nitrogens is 1. The first kappa shape index (κ1) is 14.1. The fraction of sp³-hybridized carbons (Fsp3) is 0.438. The van der Waals surface area contributed by atoms with Gasteiger partial charge in [0, 0.05) is 17.3 Å². The van der Waals surface area contributed by atoms with Crippen LogP contribution in [0.4, 0.5) is 0 Å². The van der Waals surface area contributed by atoms with Gasteiger partial charge in [-0.2, -0.15) is 0 Å². The average Bonchev–Trinajstić information content (AvgIpc) is 2.70. The fourth-order valence-electron chi connectivity index (χ4n) is 2.54. The van der Waals surface area contributed by atoms with E-state index < -0.39 is 0 Å². The smallest absolute Gasteiger partial charge is 0.177 e. The molecule has 19 heavy (non-hydrogen) atoms. The lowest BCUT2D eigenvalue weighted by molar-refractivity contribution is 0.494. The maximum Gasteiger partial charge on any atom is 0.177 e. The van der Waals surface area contributed by atoms with Crippen LogP contribution in [0.25, 0.3) is 0 Å². The zero-order valence-corrected chi connectivity index (χ0v) is 13.1. The zero-order valence-electron chi connectivity index (χ0n) is 12.3. The van der Waals surface area contributed by atoms with E-state index in [2.05, 4.69) is 68.4 Å². The van der Waals surface area contributed by atoms with E-state index in [4.69, 9.17) is 12.2 Å². The highest BCUT2D eigenvalue weighted by atomic mass is 32.1. The fourth-order valence-corrected chi connectivity index (χ4v) is 2.85. The number of aromatic nitrogens is 2. The standard InChI is InChI=1S/C16H22N2S/c1-11-8-6-7-9-13(11)12(2)18-14(16(3,4)5)10-17-15(18)19/h6-10,12H,1-5H3,(H,17,19). The van der Waals surface area contributed by atoms with Gasteiger partial charge < -0.3 is 9.55 Å². The summed E-state index contributed by atoms with van der Waals surface area (Å²) in [6.07, 6.45) is 2.04. The van der Waals surface area contributed by atoms with E-state index in [0.29, 0.717) is 0 Å². The molecule has 1 unspecified atom stereocenters. The van der Waals surface area contributed by atoms with Crippen LogP contribution >= 0.6 is 12.2 Å². The monoisotopic (exact) mass is 274 g/mol. The number of nitrogens with zero attached hydrogens (tertiary/aromatic N) is 1. The molecule has 2 aromatic rings. The lowest BCUT2D eigenvalue weighted by Gasteiger charge is -2.25. The largest absolute Gasteiger partial charge is 0.337 e. The second kappa shape index (κ2) is 4.97. The van der Waals surface area contributed by atoms with E-state index in [0.717, 1.165) is 4.77 Å². The minimum absolute atomic E-state index is 0.0739. The van der Waals surface area contributed by atoms with Gasteiger partial charge >= 0.3 is 0 Å². The number of nitrogens with one attached hydrogen (secondary N) is 1. The summed E-state index contributed by atoms with van der Waals surface area (Å²) in [5.74, 6) is 0. The van der Waals surface area contributed by atoms with Gasteiger partial charge in [0.2, 0.25) is 0 Å². The van der Waals surface area contributed by atoms with E-state index in [9.17, 15) is 0 Å². The molecule has 0 aliphatic carbocycles. The molecule has 1 atom stereocenters. The third-order valence-electron chi connectivity index (χ3n) is 3.60. The molecule has 1 heterocycles. The second-order valence-electron chi connectivity index (χ2n) is 6.13. The minimum atomic E-state index is 0.0739. The third kappa shape index (κ3) is 2.66. The molecular weight excluding hydrogens is 252 g/mol. The summed E-state index contributed by atoms with van der Waals surface area (Å²) in [4.78, 5) is 3.19. The third-order valence-corrected chi connectivity index (χ3v) is 3.92. The molecule has 0 saturated heterocycles. The molecule has 1 aromatic heterocycles. The average molecular weight is 274 g/mol. The number of aromatic amines is 1. The summed E-state index contributed by atoms with van der Waals surface area (Å²) < 4.78 is 3.03. The first-order valence-electron chi connectivity index (χ1n) is 6.68. The van der Waals surface area contributed by atoms with Crippen molar-refractivity contribution in [3.63, 3.8) is 0 Å². The molecule has 2 nitrogen and oxygen atoms in total. The summed E-state index contributed by atoms with van der Waals surface area (Å²) in [5.41, 5.74) is 3.94. The Kier molecular flexibility index (Phi) is 3.68. The molecular formula is C16H22N2S. The van der Waals surface area contributed by atoms with Crippen molar-refractivity contribution in [3.05, 3.63) is 52.1 Å². The molecule has 3 heteroatoms. The Hall–Kier alpha value is -1.35. The molecule has 0 fully saturated rings. The van der Waals surface area contributed by atoms with Gasteiger partial charge in [-0.25, -0.2) is 0 Å². The number of imidazole rings is 1. The molecule has 1 N–H and O–H groups in total. The summed E-state index contributed by atoms with van der Waals surface area (Å²) in [6, 6.07) is 8.74. The van der Waals surface area contributed by atoms with Crippen LogP contribution in [-0.2, 0) is 5.41 Å². The highest BCUT2D eigenvalue weighted by molar-refractivity contribution is 7.71. The second-order valence-corrected chi connectivity index (χ2v) is 6.52. The number of hydrogen-bond acceptors (Lipinski definition) is 1. The predicted molar refractivity (Wildman–Crippen MR) is 83.3 cm³/mol. The zero-order chi connectivity index (χ0) is 14.2. The van der Waals surface area contributed by atoms with Crippen molar-refractivity contribution in [2.45, 2.75) is 46.1 Å². The van der Waals surface area contributed by atoms with Gasteiger partial charge in [0.05, 0.1) is 6.04 Å². The molecule has 102 valence electrons. The van der Waals surface area contributed by atoms with Crippen LogP contribution in [0.1, 0.15) is 50.6 Å². The van der Waals surface area contributed by atoms with Crippen molar-refractivity contribution in [2.75, 3.05) is 0 Å². The van der Waals surface area contributed by atoms with Crippen LogP contribution in [0.2, 0.25) is 0 Å². The quantitative estimate of drug-likeness (QED) is 0.783. The van der Waals surface area contributed by atoms with Crippen molar-refractivity contribution in [3.8, 4) is 0 Å². The lowest BCUT2D eigenvalue weighted by atomic mass is 9.91. The normalized spacial score (nSPS) is 13.5.